The molecule has 3 heteroatoms. The second-order valence-corrected chi connectivity index (χ2v) is 6.34. The first-order valence-electron chi connectivity index (χ1n) is 8.38. The Kier molecular flexibility index (Phi) is 6.59. The van der Waals surface area contributed by atoms with Crippen LogP contribution in [0.3, 0.4) is 0 Å². The predicted octanol–water partition coefficient (Wildman–Crippen LogP) is 3.77. The second kappa shape index (κ2) is 8.67. The van der Waals surface area contributed by atoms with Crippen molar-refractivity contribution in [1.29, 1.82) is 0 Å². The number of nitrogens with zero attached hydrogens (tertiary/aromatic N) is 1. The molecule has 0 aliphatic carbocycles. The second-order valence-electron chi connectivity index (χ2n) is 6.34. The van der Waals surface area contributed by atoms with Gasteiger partial charge in [0.05, 0.1) is 18.2 Å². The molecule has 128 valence electrons. The van der Waals surface area contributed by atoms with Gasteiger partial charge >= 0.3 is 0 Å². The van der Waals surface area contributed by atoms with Gasteiger partial charge in [-0.3, -0.25) is 0 Å². The molecule has 24 heavy (non-hydrogen) atoms. The third kappa shape index (κ3) is 4.95. The van der Waals surface area contributed by atoms with Gasteiger partial charge in [-0.2, -0.15) is 0 Å². The van der Waals surface area contributed by atoms with E-state index in [1.165, 1.54) is 5.56 Å². The van der Waals surface area contributed by atoms with Crippen LogP contribution in [0.15, 0.2) is 72.8 Å². The van der Waals surface area contributed by atoms with Crippen LogP contribution >= 0.6 is 0 Å². The Labute approximate surface area is 144 Å². The van der Waals surface area contributed by atoms with Gasteiger partial charge in [-0.05, 0) is 38.0 Å². The quantitative estimate of drug-likeness (QED) is 0.726. The van der Waals surface area contributed by atoms with Crippen molar-refractivity contribution in [3.05, 3.63) is 78.4 Å². The Morgan fingerprint density at radius 1 is 1.00 bits per heavy atom. The molecule has 0 fully saturated rings. The Bertz CT molecular complexity index is 623. The summed E-state index contributed by atoms with van der Waals surface area (Å²) >= 11 is 0. The number of para-hydroxylation sites is 1. The van der Waals surface area contributed by atoms with Crippen LogP contribution in [0.4, 0.5) is 5.69 Å². The van der Waals surface area contributed by atoms with E-state index in [-0.39, 0.29) is 12.6 Å². The molecule has 2 atom stereocenters. The summed E-state index contributed by atoms with van der Waals surface area (Å²) in [6, 6.07) is 20.3. The third-order valence-electron chi connectivity index (χ3n) is 4.45. The van der Waals surface area contributed by atoms with E-state index in [0.29, 0.717) is 6.42 Å². The van der Waals surface area contributed by atoms with Gasteiger partial charge in [-0.15, -0.1) is 0 Å². The highest BCUT2D eigenvalue weighted by Gasteiger charge is 2.32. The lowest BCUT2D eigenvalue weighted by molar-refractivity contribution is 0.0378. The van der Waals surface area contributed by atoms with Crippen molar-refractivity contribution < 1.29 is 10.2 Å². The molecule has 0 spiro atoms. The van der Waals surface area contributed by atoms with E-state index >= 15 is 0 Å². The van der Waals surface area contributed by atoms with Crippen LogP contribution in [0.1, 0.15) is 25.8 Å². The fourth-order valence-corrected chi connectivity index (χ4v) is 2.75. The summed E-state index contributed by atoms with van der Waals surface area (Å²) in [4.78, 5) is 2.22. The summed E-state index contributed by atoms with van der Waals surface area (Å²) in [7, 11) is 0. The number of anilines is 1. The molecule has 0 radical (unpaired) electrons. The highest BCUT2D eigenvalue weighted by Crippen LogP contribution is 2.27. The minimum absolute atomic E-state index is 0.00310. The maximum absolute atomic E-state index is 10.9. The molecule has 0 bridgehead atoms. The Morgan fingerprint density at radius 2 is 1.58 bits per heavy atom. The van der Waals surface area contributed by atoms with Crippen molar-refractivity contribution in [1.82, 2.24) is 0 Å². The van der Waals surface area contributed by atoms with Crippen LogP contribution in [0.2, 0.25) is 0 Å². The van der Waals surface area contributed by atoms with Crippen molar-refractivity contribution in [3.63, 3.8) is 0 Å². The summed E-state index contributed by atoms with van der Waals surface area (Å²) in [5, 5.41) is 19.8. The van der Waals surface area contributed by atoms with Gasteiger partial charge in [0.15, 0.2) is 0 Å². The maximum Gasteiger partial charge on any atom is 0.0853 e. The van der Waals surface area contributed by atoms with Gasteiger partial charge in [0.25, 0.3) is 0 Å². The molecule has 3 nitrogen and oxygen atoms in total. The molecule has 2 aromatic rings. The zero-order chi connectivity index (χ0) is 17.4. The summed E-state index contributed by atoms with van der Waals surface area (Å²) in [6.07, 6.45) is 4.00. The van der Waals surface area contributed by atoms with Gasteiger partial charge in [0, 0.05) is 12.2 Å². The molecule has 0 unspecified atom stereocenters. The Balaban J connectivity index is 2.26. The van der Waals surface area contributed by atoms with E-state index < -0.39 is 5.60 Å². The summed E-state index contributed by atoms with van der Waals surface area (Å²) in [6.45, 7) is 4.62. The van der Waals surface area contributed by atoms with Gasteiger partial charge in [0.2, 0.25) is 0 Å². The zero-order valence-corrected chi connectivity index (χ0v) is 14.5. The van der Waals surface area contributed by atoms with Crippen LogP contribution in [-0.4, -0.2) is 28.5 Å². The molecule has 0 aromatic heterocycles. The molecule has 0 amide bonds. The highest BCUT2D eigenvalue weighted by molar-refractivity contribution is 5.48. The van der Waals surface area contributed by atoms with E-state index in [1.807, 2.05) is 56.3 Å². The number of benzene rings is 2. The molecule has 2 aromatic carbocycles. The predicted molar refractivity (Wildman–Crippen MR) is 100.0 cm³/mol. The summed E-state index contributed by atoms with van der Waals surface area (Å²) in [5.41, 5.74) is 1.38. The number of rotatable bonds is 8. The van der Waals surface area contributed by atoms with Gasteiger partial charge < -0.3 is 15.1 Å². The van der Waals surface area contributed by atoms with E-state index in [4.69, 9.17) is 5.11 Å². The lowest BCUT2D eigenvalue weighted by atomic mass is 9.91. The largest absolute Gasteiger partial charge is 0.392 e. The lowest BCUT2D eigenvalue weighted by Crippen LogP contribution is -2.49. The third-order valence-corrected chi connectivity index (χ3v) is 4.45. The van der Waals surface area contributed by atoms with Crippen LogP contribution in [0.25, 0.3) is 0 Å². The van der Waals surface area contributed by atoms with Crippen molar-refractivity contribution in [2.24, 2.45) is 0 Å². The zero-order valence-electron chi connectivity index (χ0n) is 14.5. The molecule has 0 aliphatic rings. The first-order valence-corrected chi connectivity index (χ1v) is 8.38. The van der Waals surface area contributed by atoms with Gasteiger partial charge in [-0.25, -0.2) is 0 Å². The minimum Gasteiger partial charge on any atom is -0.392 e. The number of aliphatic hydroxyl groups is 2. The normalized spacial score (nSPS) is 15.2. The first-order chi connectivity index (χ1) is 11.5. The average molecular weight is 325 g/mol. The summed E-state index contributed by atoms with van der Waals surface area (Å²) < 4.78 is 0. The van der Waals surface area contributed by atoms with Gasteiger partial charge in [-0.1, -0.05) is 60.7 Å². The number of hydrogen-bond acceptors (Lipinski definition) is 3. The van der Waals surface area contributed by atoms with Crippen LogP contribution in [-0.2, 0) is 6.54 Å². The van der Waals surface area contributed by atoms with Crippen molar-refractivity contribution >= 4 is 5.69 Å². The summed E-state index contributed by atoms with van der Waals surface area (Å²) in [5.74, 6) is 0. The van der Waals surface area contributed by atoms with Crippen molar-refractivity contribution in [3.8, 4) is 0 Å². The highest BCUT2D eigenvalue weighted by atomic mass is 16.3. The Hall–Kier alpha value is -2.10. The van der Waals surface area contributed by atoms with Gasteiger partial charge in [0.1, 0.15) is 0 Å². The van der Waals surface area contributed by atoms with E-state index in [2.05, 4.69) is 29.2 Å². The van der Waals surface area contributed by atoms with E-state index in [9.17, 15) is 5.11 Å². The lowest BCUT2D eigenvalue weighted by Gasteiger charge is -2.40. The Morgan fingerprint density at radius 3 is 2.17 bits per heavy atom. The minimum atomic E-state index is -0.906. The number of hydrogen-bond donors (Lipinski definition) is 2. The van der Waals surface area contributed by atoms with Crippen molar-refractivity contribution in [2.75, 3.05) is 11.5 Å². The fraction of sp³-hybridized carbons (Fsp3) is 0.333. The number of aliphatic hydroxyl groups excluding tert-OH is 1. The molecule has 0 aliphatic heterocycles. The van der Waals surface area contributed by atoms with Crippen LogP contribution < -0.4 is 4.90 Å². The monoisotopic (exact) mass is 325 g/mol. The smallest absolute Gasteiger partial charge is 0.0853 e. The average Bonchev–Trinajstić information content (AvgIpc) is 2.61. The van der Waals surface area contributed by atoms with E-state index in [0.717, 1.165) is 12.2 Å². The molecular weight excluding hydrogens is 298 g/mol. The van der Waals surface area contributed by atoms with Crippen LogP contribution in [0, 0.1) is 0 Å². The van der Waals surface area contributed by atoms with Crippen molar-refractivity contribution in [2.45, 2.75) is 38.5 Å². The molecule has 0 saturated heterocycles. The topological polar surface area (TPSA) is 43.7 Å². The molecular formula is C21H27NO2. The SMILES string of the molecule is C[C@@H](N(Cc1ccccc1)c1ccccc1)[C@@](C)(O)C/C=C/CO. The van der Waals surface area contributed by atoms with E-state index in [1.54, 1.807) is 6.08 Å². The fourth-order valence-electron chi connectivity index (χ4n) is 2.75. The molecule has 0 saturated carbocycles. The molecule has 0 heterocycles. The molecule has 2 N–H and O–H groups in total. The standard InChI is InChI=1S/C21H27NO2/c1-18(21(2,24)15-9-10-16-23)22(20-13-7-4-8-14-20)17-19-11-5-3-6-12-19/h3-14,18,23-24H,15-17H2,1-2H3/b10-9+/t18-,21+/m1/s1. The maximum atomic E-state index is 10.9. The molecule has 2 rings (SSSR count). The first kappa shape index (κ1) is 18.2. The van der Waals surface area contributed by atoms with Crippen LogP contribution in [0.5, 0.6) is 0 Å².